The van der Waals surface area contributed by atoms with Crippen molar-refractivity contribution < 1.29 is 14.2 Å². The number of hydrogen-bond acceptors (Lipinski definition) is 6. The molecule has 1 aromatic heterocycles. The van der Waals surface area contributed by atoms with Crippen LogP contribution in [0.15, 0.2) is 35.1 Å². The molecule has 32 heavy (non-hydrogen) atoms. The number of nitrogens with zero attached hydrogens (tertiary/aromatic N) is 3. The van der Waals surface area contributed by atoms with Gasteiger partial charge in [0.15, 0.2) is 11.5 Å². The number of aliphatic imine (C=N–C) groups is 1. The van der Waals surface area contributed by atoms with E-state index in [2.05, 4.69) is 28.2 Å². The number of anilines is 1. The minimum Gasteiger partial charge on any atom is -0.463 e. The molecule has 3 aliphatic rings. The molecule has 0 bridgehead atoms. The summed E-state index contributed by atoms with van der Waals surface area (Å²) in [6, 6.07) is 0. The van der Waals surface area contributed by atoms with Crippen molar-refractivity contribution in [3.05, 3.63) is 30.1 Å². The SMILES string of the molecule is CC(C)P(=O)(O)C[C@H]1CC[C@H](C2C=CC(C3=Nc4c(N)ncnc4OC3(C)C)=CC2)CC1. The predicted molar refractivity (Wildman–Crippen MR) is 129 cm³/mol. The summed E-state index contributed by atoms with van der Waals surface area (Å²) in [5.41, 5.74) is 7.65. The van der Waals surface area contributed by atoms with E-state index >= 15 is 0 Å². The molecule has 0 amide bonds. The van der Waals surface area contributed by atoms with E-state index < -0.39 is 13.0 Å². The van der Waals surface area contributed by atoms with Crippen LogP contribution in [0.1, 0.15) is 59.8 Å². The number of nitrogens with two attached hydrogens (primary N) is 1. The Balaban J connectivity index is 1.40. The Labute approximate surface area is 190 Å². The third kappa shape index (κ3) is 4.69. The molecule has 1 aliphatic heterocycles. The van der Waals surface area contributed by atoms with Crippen LogP contribution in [0.5, 0.6) is 5.88 Å². The molecule has 0 saturated heterocycles. The molecule has 174 valence electrons. The number of fused-ring (bicyclic) bond motifs is 1. The average Bonchev–Trinajstić information content (AvgIpc) is 2.73. The lowest BCUT2D eigenvalue weighted by atomic mass is 9.73. The molecular weight excluding hydrogens is 423 g/mol. The van der Waals surface area contributed by atoms with Gasteiger partial charge in [-0.25, -0.2) is 9.98 Å². The molecule has 1 aromatic rings. The van der Waals surface area contributed by atoms with Crippen LogP contribution in [0.4, 0.5) is 11.5 Å². The van der Waals surface area contributed by atoms with Crippen molar-refractivity contribution >= 4 is 24.6 Å². The first-order valence-electron chi connectivity index (χ1n) is 11.7. The Kier molecular flexibility index (Phi) is 6.34. The number of allylic oxidation sites excluding steroid dienone is 3. The van der Waals surface area contributed by atoms with Crippen LogP contribution in [0, 0.1) is 17.8 Å². The zero-order valence-electron chi connectivity index (χ0n) is 19.5. The summed E-state index contributed by atoms with van der Waals surface area (Å²) < 4.78 is 18.5. The minimum atomic E-state index is -3.01. The first kappa shape index (κ1) is 23.2. The van der Waals surface area contributed by atoms with E-state index in [1.54, 1.807) is 0 Å². The normalized spacial score (nSPS) is 28.9. The Morgan fingerprint density at radius 3 is 2.59 bits per heavy atom. The summed E-state index contributed by atoms with van der Waals surface area (Å²) in [5.74, 6) is 2.25. The van der Waals surface area contributed by atoms with Crippen LogP contribution in [0.2, 0.25) is 0 Å². The van der Waals surface area contributed by atoms with Crippen LogP contribution in [0.25, 0.3) is 0 Å². The number of aromatic nitrogens is 2. The van der Waals surface area contributed by atoms with E-state index in [4.69, 9.17) is 15.5 Å². The van der Waals surface area contributed by atoms with Crippen LogP contribution < -0.4 is 10.5 Å². The van der Waals surface area contributed by atoms with Crippen molar-refractivity contribution in [2.45, 2.75) is 71.1 Å². The van der Waals surface area contributed by atoms with Crippen LogP contribution in [-0.2, 0) is 4.57 Å². The molecule has 2 heterocycles. The molecule has 4 rings (SSSR count). The van der Waals surface area contributed by atoms with E-state index in [0.717, 1.165) is 43.4 Å². The van der Waals surface area contributed by atoms with Gasteiger partial charge < -0.3 is 15.4 Å². The second-order valence-electron chi connectivity index (χ2n) is 10.2. The lowest BCUT2D eigenvalue weighted by Crippen LogP contribution is -2.41. The van der Waals surface area contributed by atoms with Gasteiger partial charge in [-0.05, 0) is 69.3 Å². The van der Waals surface area contributed by atoms with E-state index in [-0.39, 0.29) is 5.66 Å². The standard InChI is InChI=1S/C24H35N4O3P/c1-15(2)32(29,30)13-16-5-7-17(8-6-16)18-9-11-19(12-10-18)21-24(3,4)31-23-20(28-21)22(25)26-14-27-23/h9,11-12,14-18H,5-8,10,13H2,1-4H3,(H,29,30)(H2,25,26,27)/t16-,17-,18?. The highest BCUT2D eigenvalue weighted by atomic mass is 31.2. The Morgan fingerprint density at radius 1 is 1.25 bits per heavy atom. The maximum absolute atomic E-state index is 12.4. The van der Waals surface area contributed by atoms with Gasteiger partial charge in [0.1, 0.15) is 11.9 Å². The molecule has 2 unspecified atom stereocenters. The largest absolute Gasteiger partial charge is 0.463 e. The Hall–Kier alpha value is -1.98. The predicted octanol–water partition coefficient (Wildman–Crippen LogP) is 5.29. The first-order chi connectivity index (χ1) is 15.1. The van der Waals surface area contributed by atoms with Gasteiger partial charge in [0.25, 0.3) is 0 Å². The minimum absolute atomic E-state index is 0.144. The summed E-state index contributed by atoms with van der Waals surface area (Å²) in [4.78, 5) is 23.2. The maximum Gasteiger partial charge on any atom is 0.246 e. The molecule has 2 atom stereocenters. The highest BCUT2D eigenvalue weighted by Gasteiger charge is 2.37. The number of rotatable bonds is 5. The van der Waals surface area contributed by atoms with E-state index in [0.29, 0.717) is 41.3 Å². The zero-order valence-corrected chi connectivity index (χ0v) is 20.4. The van der Waals surface area contributed by atoms with Crippen molar-refractivity contribution in [1.29, 1.82) is 0 Å². The quantitative estimate of drug-likeness (QED) is 0.580. The van der Waals surface area contributed by atoms with E-state index in [1.165, 1.54) is 6.33 Å². The van der Waals surface area contributed by atoms with E-state index in [9.17, 15) is 9.46 Å². The fraction of sp³-hybridized carbons (Fsp3) is 0.625. The summed E-state index contributed by atoms with van der Waals surface area (Å²) in [6.45, 7) is 7.69. The van der Waals surface area contributed by atoms with Crippen molar-refractivity contribution in [2.24, 2.45) is 22.7 Å². The third-order valence-electron chi connectivity index (χ3n) is 7.19. The van der Waals surface area contributed by atoms with Gasteiger partial charge in [-0.2, -0.15) is 4.98 Å². The average molecular weight is 459 g/mol. The number of nitrogen functional groups attached to an aromatic ring is 1. The first-order valence-corrected chi connectivity index (χ1v) is 13.6. The van der Waals surface area contributed by atoms with Crippen LogP contribution in [-0.4, -0.2) is 38.0 Å². The third-order valence-corrected chi connectivity index (χ3v) is 9.85. The molecule has 3 N–H and O–H groups in total. The second kappa shape index (κ2) is 8.75. The van der Waals surface area contributed by atoms with Crippen LogP contribution in [0.3, 0.4) is 0 Å². The van der Waals surface area contributed by atoms with Gasteiger partial charge in [0, 0.05) is 11.8 Å². The molecular formula is C24H35N4O3P. The van der Waals surface area contributed by atoms with Crippen LogP contribution >= 0.6 is 7.37 Å². The molecule has 0 spiro atoms. The fourth-order valence-corrected chi connectivity index (χ4v) is 6.57. The van der Waals surface area contributed by atoms with Crippen molar-refractivity contribution in [1.82, 2.24) is 9.97 Å². The lowest BCUT2D eigenvalue weighted by Gasteiger charge is -2.36. The topological polar surface area (TPSA) is 111 Å². The van der Waals surface area contributed by atoms with Gasteiger partial charge in [0.2, 0.25) is 13.2 Å². The summed E-state index contributed by atoms with van der Waals surface area (Å²) >= 11 is 0. The van der Waals surface area contributed by atoms with Gasteiger partial charge >= 0.3 is 0 Å². The summed E-state index contributed by atoms with van der Waals surface area (Å²) in [5, 5.41) is 0. The molecule has 0 aromatic carbocycles. The Morgan fingerprint density at radius 2 is 1.97 bits per heavy atom. The molecule has 7 nitrogen and oxygen atoms in total. The number of ether oxygens (including phenoxy) is 1. The zero-order chi connectivity index (χ0) is 23.1. The van der Waals surface area contributed by atoms with Crippen molar-refractivity contribution in [3.8, 4) is 5.88 Å². The highest BCUT2D eigenvalue weighted by Crippen LogP contribution is 2.50. The lowest BCUT2D eigenvalue weighted by molar-refractivity contribution is 0.171. The molecule has 8 heteroatoms. The highest BCUT2D eigenvalue weighted by molar-refractivity contribution is 7.58. The van der Waals surface area contributed by atoms with Gasteiger partial charge in [-0.1, -0.05) is 32.1 Å². The van der Waals surface area contributed by atoms with Gasteiger partial charge in [-0.15, -0.1) is 0 Å². The van der Waals surface area contributed by atoms with Gasteiger partial charge in [0.05, 0.1) is 5.71 Å². The van der Waals surface area contributed by atoms with Gasteiger partial charge in [-0.3, -0.25) is 4.57 Å². The molecule has 0 radical (unpaired) electrons. The Bertz CT molecular complexity index is 1010. The summed E-state index contributed by atoms with van der Waals surface area (Å²) in [6.07, 6.45) is 13.9. The monoisotopic (exact) mass is 458 g/mol. The van der Waals surface area contributed by atoms with E-state index in [1.807, 2.05) is 27.7 Å². The summed E-state index contributed by atoms with van der Waals surface area (Å²) in [7, 11) is -3.01. The smallest absolute Gasteiger partial charge is 0.246 e. The van der Waals surface area contributed by atoms with Crippen molar-refractivity contribution in [3.63, 3.8) is 0 Å². The molecule has 1 saturated carbocycles. The number of hydrogen-bond donors (Lipinski definition) is 2. The fourth-order valence-electron chi connectivity index (χ4n) is 5.05. The van der Waals surface area contributed by atoms with Crippen molar-refractivity contribution in [2.75, 3.05) is 11.9 Å². The second-order valence-corrected chi connectivity index (χ2v) is 13.1. The molecule has 1 fully saturated rings. The molecule has 2 aliphatic carbocycles. The maximum atomic E-state index is 12.4.